The Morgan fingerprint density at radius 1 is 1.35 bits per heavy atom. The first-order valence-corrected chi connectivity index (χ1v) is 6.06. The summed E-state index contributed by atoms with van der Waals surface area (Å²) in [7, 11) is 1.63. The molecule has 0 aromatic heterocycles. The van der Waals surface area contributed by atoms with Crippen molar-refractivity contribution >= 4 is 0 Å². The van der Waals surface area contributed by atoms with Gasteiger partial charge in [-0.05, 0) is 50.8 Å². The molecule has 17 heavy (non-hydrogen) atoms. The topological polar surface area (TPSA) is 38.7 Å². The van der Waals surface area contributed by atoms with Gasteiger partial charge in [-0.3, -0.25) is 0 Å². The van der Waals surface area contributed by atoms with Crippen LogP contribution in [0.5, 0.6) is 11.5 Å². The Morgan fingerprint density at radius 2 is 2.12 bits per heavy atom. The molecule has 2 unspecified atom stereocenters. The molecule has 1 aliphatic carbocycles. The van der Waals surface area contributed by atoms with Crippen LogP contribution in [0.2, 0.25) is 0 Å². The quantitative estimate of drug-likeness (QED) is 0.877. The third-order valence-electron chi connectivity index (χ3n) is 3.43. The summed E-state index contributed by atoms with van der Waals surface area (Å²) in [4.78, 5) is 0. The second kappa shape index (κ2) is 4.57. The molecule has 2 atom stereocenters. The molecule has 0 heterocycles. The molecule has 1 aromatic carbocycles. The molecule has 1 aromatic rings. The van der Waals surface area contributed by atoms with E-state index in [0.717, 1.165) is 30.6 Å². The van der Waals surface area contributed by atoms with Crippen molar-refractivity contribution in [2.45, 2.75) is 44.8 Å². The number of hydrogen-bond acceptors (Lipinski definition) is 3. The van der Waals surface area contributed by atoms with E-state index in [2.05, 4.69) is 0 Å². The van der Waals surface area contributed by atoms with Gasteiger partial charge in [0.1, 0.15) is 6.10 Å². The number of aliphatic hydroxyl groups is 1. The molecule has 1 aliphatic rings. The van der Waals surface area contributed by atoms with Gasteiger partial charge in [-0.25, -0.2) is 0 Å². The van der Waals surface area contributed by atoms with Gasteiger partial charge in [-0.2, -0.15) is 0 Å². The third-order valence-corrected chi connectivity index (χ3v) is 3.43. The third kappa shape index (κ3) is 2.55. The van der Waals surface area contributed by atoms with Gasteiger partial charge in [0.25, 0.3) is 0 Å². The molecule has 2 rings (SSSR count). The zero-order valence-corrected chi connectivity index (χ0v) is 10.7. The summed E-state index contributed by atoms with van der Waals surface area (Å²) in [5.74, 6) is 1.44. The van der Waals surface area contributed by atoms with Crippen molar-refractivity contribution in [3.8, 4) is 11.5 Å². The average Bonchev–Trinajstić information content (AvgIpc) is 2.61. The highest BCUT2D eigenvalue weighted by Crippen LogP contribution is 2.36. The van der Waals surface area contributed by atoms with Gasteiger partial charge >= 0.3 is 0 Å². The minimum absolute atomic E-state index is 0.140. The molecule has 1 saturated carbocycles. The van der Waals surface area contributed by atoms with E-state index in [4.69, 9.17) is 9.47 Å². The van der Waals surface area contributed by atoms with Crippen molar-refractivity contribution in [3.05, 3.63) is 23.8 Å². The van der Waals surface area contributed by atoms with Gasteiger partial charge in [0.15, 0.2) is 11.5 Å². The summed E-state index contributed by atoms with van der Waals surface area (Å²) < 4.78 is 11.2. The van der Waals surface area contributed by atoms with Crippen LogP contribution in [-0.4, -0.2) is 23.9 Å². The molecule has 0 radical (unpaired) electrons. The smallest absolute Gasteiger partial charge is 0.161 e. The number of rotatable bonds is 3. The maximum atomic E-state index is 10.2. The molecule has 0 spiro atoms. The van der Waals surface area contributed by atoms with E-state index in [1.165, 1.54) is 0 Å². The zero-order valence-electron chi connectivity index (χ0n) is 10.7. The summed E-state index contributed by atoms with van der Waals surface area (Å²) >= 11 is 0. The minimum atomic E-state index is -0.726. The first kappa shape index (κ1) is 12.2. The lowest BCUT2D eigenvalue weighted by molar-refractivity contribution is -0.0260. The highest BCUT2D eigenvalue weighted by molar-refractivity contribution is 5.42. The zero-order chi connectivity index (χ0) is 12.5. The lowest BCUT2D eigenvalue weighted by Crippen LogP contribution is -2.37. The first-order valence-electron chi connectivity index (χ1n) is 6.06. The molecule has 94 valence electrons. The number of aryl methyl sites for hydroxylation is 1. The van der Waals surface area contributed by atoms with Crippen molar-refractivity contribution in [3.63, 3.8) is 0 Å². The largest absolute Gasteiger partial charge is 0.493 e. The van der Waals surface area contributed by atoms with Crippen molar-refractivity contribution in [2.24, 2.45) is 0 Å². The monoisotopic (exact) mass is 236 g/mol. The van der Waals surface area contributed by atoms with Crippen LogP contribution < -0.4 is 9.47 Å². The molecular weight excluding hydrogens is 216 g/mol. The maximum absolute atomic E-state index is 10.2. The van der Waals surface area contributed by atoms with E-state index in [1.54, 1.807) is 7.11 Å². The predicted octanol–water partition coefficient (Wildman–Crippen LogP) is 2.69. The normalized spacial score (nSPS) is 28.1. The summed E-state index contributed by atoms with van der Waals surface area (Å²) in [6.07, 6.45) is 2.56. The average molecular weight is 236 g/mol. The summed E-state index contributed by atoms with van der Waals surface area (Å²) in [6, 6.07) is 5.84. The lowest BCUT2D eigenvalue weighted by atomic mass is 10.0. The van der Waals surface area contributed by atoms with Crippen LogP contribution in [0.25, 0.3) is 0 Å². The second-order valence-electron chi connectivity index (χ2n) is 5.01. The fourth-order valence-corrected chi connectivity index (χ4v) is 2.33. The molecule has 0 aliphatic heterocycles. The highest BCUT2D eigenvalue weighted by Gasteiger charge is 2.38. The Balaban J connectivity index is 2.18. The van der Waals surface area contributed by atoms with Crippen molar-refractivity contribution in [2.75, 3.05) is 7.11 Å². The van der Waals surface area contributed by atoms with E-state index in [0.29, 0.717) is 5.75 Å². The van der Waals surface area contributed by atoms with Crippen LogP contribution in [-0.2, 0) is 0 Å². The molecule has 0 bridgehead atoms. The fourth-order valence-electron chi connectivity index (χ4n) is 2.33. The van der Waals surface area contributed by atoms with Gasteiger partial charge in [-0.1, -0.05) is 6.07 Å². The lowest BCUT2D eigenvalue weighted by Gasteiger charge is -2.27. The van der Waals surface area contributed by atoms with E-state index in [9.17, 15) is 5.11 Å². The number of methoxy groups -OCH3 is 1. The van der Waals surface area contributed by atoms with Crippen LogP contribution in [0.3, 0.4) is 0 Å². The van der Waals surface area contributed by atoms with Gasteiger partial charge in [-0.15, -0.1) is 0 Å². The van der Waals surface area contributed by atoms with E-state index >= 15 is 0 Å². The maximum Gasteiger partial charge on any atom is 0.161 e. The summed E-state index contributed by atoms with van der Waals surface area (Å²) in [5, 5.41) is 10.2. The fraction of sp³-hybridized carbons (Fsp3) is 0.571. The number of benzene rings is 1. The van der Waals surface area contributed by atoms with Crippen molar-refractivity contribution < 1.29 is 14.6 Å². The van der Waals surface area contributed by atoms with Crippen LogP contribution in [0.4, 0.5) is 0 Å². The van der Waals surface area contributed by atoms with E-state index in [1.807, 2.05) is 32.0 Å². The molecule has 0 amide bonds. The van der Waals surface area contributed by atoms with E-state index < -0.39 is 5.60 Å². The predicted molar refractivity (Wildman–Crippen MR) is 66.6 cm³/mol. The molecule has 0 saturated heterocycles. The molecule has 1 fully saturated rings. The molecule has 3 heteroatoms. The van der Waals surface area contributed by atoms with Crippen LogP contribution in [0.1, 0.15) is 31.7 Å². The molecule has 3 nitrogen and oxygen atoms in total. The van der Waals surface area contributed by atoms with Crippen molar-refractivity contribution in [1.29, 1.82) is 0 Å². The number of ether oxygens (including phenoxy) is 2. The molecule has 1 N–H and O–H groups in total. The highest BCUT2D eigenvalue weighted by atomic mass is 16.5. The summed E-state index contributed by atoms with van der Waals surface area (Å²) in [6.45, 7) is 3.85. The molecular formula is C14H20O3. The summed E-state index contributed by atoms with van der Waals surface area (Å²) in [5.41, 5.74) is 0.406. The van der Waals surface area contributed by atoms with Gasteiger partial charge in [0.2, 0.25) is 0 Å². The van der Waals surface area contributed by atoms with Gasteiger partial charge < -0.3 is 14.6 Å². The first-order chi connectivity index (χ1) is 8.03. The van der Waals surface area contributed by atoms with Crippen LogP contribution in [0.15, 0.2) is 18.2 Å². The Hall–Kier alpha value is -1.22. The van der Waals surface area contributed by atoms with Crippen LogP contribution >= 0.6 is 0 Å². The SMILES string of the molecule is COc1cc(C)ccc1OC1CCCC1(C)O. The van der Waals surface area contributed by atoms with Crippen LogP contribution in [0, 0.1) is 6.92 Å². The number of hydrogen-bond donors (Lipinski definition) is 1. The van der Waals surface area contributed by atoms with Gasteiger partial charge in [0.05, 0.1) is 12.7 Å². The standard InChI is InChI=1S/C14H20O3/c1-10-6-7-11(12(9-10)16-3)17-13-5-4-8-14(13,2)15/h6-7,9,13,15H,4-5,8H2,1-3H3. The Labute approximate surface area is 102 Å². The Morgan fingerprint density at radius 3 is 2.71 bits per heavy atom. The Bertz CT molecular complexity index is 398. The van der Waals surface area contributed by atoms with Crippen molar-refractivity contribution in [1.82, 2.24) is 0 Å². The van der Waals surface area contributed by atoms with Gasteiger partial charge in [0, 0.05) is 0 Å². The minimum Gasteiger partial charge on any atom is -0.493 e. The second-order valence-corrected chi connectivity index (χ2v) is 5.01. The van der Waals surface area contributed by atoms with E-state index in [-0.39, 0.29) is 6.10 Å². The Kier molecular flexibility index (Phi) is 3.29.